The van der Waals surface area contributed by atoms with Crippen LogP contribution in [0, 0.1) is 0 Å². The molecule has 1 aromatic heterocycles. The van der Waals surface area contributed by atoms with E-state index in [4.69, 9.17) is 16.3 Å². The van der Waals surface area contributed by atoms with Gasteiger partial charge in [-0.2, -0.15) is 0 Å². The summed E-state index contributed by atoms with van der Waals surface area (Å²) in [5.41, 5.74) is 2.03. The molecule has 4 nitrogen and oxygen atoms in total. The van der Waals surface area contributed by atoms with E-state index in [1.165, 1.54) is 12.7 Å². The Morgan fingerprint density at radius 1 is 1.20 bits per heavy atom. The smallest absolute Gasteiger partial charge is 0.162 e. The molecule has 5 heteroatoms. The number of hydrogen-bond acceptors (Lipinski definition) is 4. The minimum atomic E-state index is 0.279. The topological polar surface area (TPSA) is 47.9 Å². The first-order chi connectivity index (χ1) is 9.70. The highest BCUT2D eigenvalue weighted by Crippen LogP contribution is 2.26. The van der Waals surface area contributed by atoms with Gasteiger partial charge in [0.2, 0.25) is 0 Å². The quantitative estimate of drug-likeness (QED) is 0.761. The summed E-state index contributed by atoms with van der Waals surface area (Å²) < 4.78 is 5.60. The Bertz CT molecular complexity index is 548. The SMILES string of the molecule is CCCOC[C@H](C)c1cc(Cl)cc(-c2ncncn2)c1. The lowest BCUT2D eigenvalue weighted by Gasteiger charge is -2.14. The molecule has 1 heterocycles. The molecule has 20 heavy (non-hydrogen) atoms. The fraction of sp³-hybridized carbons (Fsp3) is 0.400. The number of rotatable bonds is 6. The number of benzene rings is 1. The van der Waals surface area contributed by atoms with Crippen molar-refractivity contribution in [2.24, 2.45) is 0 Å². The van der Waals surface area contributed by atoms with Crippen LogP contribution in [-0.4, -0.2) is 28.2 Å². The van der Waals surface area contributed by atoms with Crippen LogP contribution in [0.1, 0.15) is 31.7 Å². The number of halogens is 1. The van der Waals surface area contributed by atoms with Gasteiger partial charge in [0.1, 0.15) is 12.7 Å². The van der Waals surface area contributed by atoms with Gasteiger partial charge in [-0.1, -0.05) is 25.4 Å². The van der Waals surface area contributed by atoms with E-state index in [0.29, 0.717) is 17.5 Å². The van der Waals surface area contributed by atoms with Gasteiger partial charge in [0.05, 0.1) is 6.61 Å². The zero-order valence-corrected chi connectivity index (χ0v) is 12.5. The monoisotopic (exact) mass is 291 g/mol. The molecule has 106 valence electrons. The molecular weight excluding hydrogens is 274 g/mol. The lowest BCUT2D eigenvalue weighted by molar-refractivity contribution is 0.124. The predicted molar refractivity (Wildman–Crippen MR) is 79.8 cm³/mol. The van der Waals surface area contributed by atoms with Crippen molar-refractivity contribution in [2.45, 2.75) is 26.2 Å². The minimum Gasteiger partial charge on any atom is -0.381 e. The molecule has 0 bridgehead atoms. The van der Waals surface area contributed by atoms with Crippen molar-refractivity contribution in [3.8, 4) is 11.4 Å². The summed E-state index contributed by atoms with van der Waals surface area (Å²) >= 11 is 6.19. The third kappa shape index (κ3) is 3.99. The fourth-order valence-corrected chi connectivity index (χ4v) is 2.16. The van der Waals surface area contributed by atoms with E-state index in [0.717, 1.165) is 24.2 Å². The Balaban J connectivity index is 2.20. The molecule has 0 aliphatic rings. The zero-order valence-electron chi connectivity index (χ0n) is 11.7. The Morgan fingerprint density at radius 3 is 2.65 bits per heavy atom. The minimum absolute atomic E-state index is 0.279. The summed E-state index contributed by atoms with van der Waals surface area (Å²) in [5, 5.41) is 0.681. The van der Waals surface area contributed by atoms with E-state index in [2.05, 4.69) is 34.9 Å². The molecule has 2 rings (SSSR count). The number of ether oxygens (including phenoxy) is 1. The van der Waals surface area contributed by atoms with E-state index in [-0.39, 0.29) is 5.92 Å². The summed E-state index contributed by atoms with van der Waals surface area (Å²) in [6.45, 7) is 5.69. The molecule has 0 unspecified atom stereocenters. The molecule has 0 fully saturated rings. The highest BCUT2D eigenvalue weighted by molar-refractivity contribution is 6.30. The molecule has 0 saturated heterocycles. The standard InChI is InChI=1S/C15H18ClN3O/c1-3-4-20-8-11(2)12-5-13(7-14(16)6-12)15-18-9-17-10-19-15/h5-7,9-11H,3-4,8H2,1-2H3/t11-/m0/s1. The van der Waals surface area contributed by atoms with Gasteiger partial charge in [0.15, 0.2) is 5.82 Å². The molecule has 0 N–H and O–H groups in total. The second kappa shape index (κ2) is 7.31. The molecule has 0 radical (unpaired) electrons. The molecule has 1 atom stereocenters. The fourth-order valence-electron chi connectivity index (χ4n) is 1.91. The normalized spacial score (nSPS) is 12.3. The van der Waals surface area contributed by atoms with Crippen molar-refractivity contribution in [3.05, 3.63) is 41.4 Å². The van der Waals surface area contributed by atoms with E-state index in [1.54, 1.807) is 0 Å². The molecule has 1 aromatic carbocycles. The lowest BCUT2D eigenvalue weighted by Crippen LogP contribution is -2.05. The first-order valence-corrected chi connectivity index (χ1v) is 7.09. The molecule has 0 aliphatic carbocycles. The number of aromatic nitrogens is 3. The van der Waals surface area contributed by atoms with Gasteiger partial charge in [-0.15, -0.1) is 0 Å². The average molecular weight is 292 g/mol. The van der Waals surface area contributed by atoms with Gasteiger partial charge < -0.3 is 4.74 Å². The predicted octanol–water partition coefficient (Wildman–Crippen LogP) is 3.72. The lowest BCUT2D eigenvalue weighted by atomic mass is 9.99. The summed E-state index contributed by atoms with van der Waals surface area (Å²) in [7, 11) is 0. The van der Waals surface area contributed by atoms with E-state index in [1.807, 2.05) is 12.1 Å². The summed E-state index contributed by atoms with van der Waals surface area (Å²) in [5.74, 6) is 0.909. The second-order valence-corrected chi connectivity index (χ2v) is 5.15. The van der Waals surface area contributed by atoms with Gasteiger partial charge >= 0.3 is 0 Å². The molecule has 0 saturated carbocycles. The van der Waals surface area contributed by atoms with Crippen molar-refractivity contribution < 1.29 is 4.74 Å². The largest absolute Gasteiger partial charge is 0.381 e. The van der Waals surface area contributed by atoms with Gasteiger partial charge in [-0.3, -0.25) is 0 Å². The van der Waals surface area contributed by atoms with Gasteiger partial charge in [0.25, 0.3) is 0 Å². The van der Waals surface area contributed by atoms with Crippen LogP contribution >= 0.6 is 11.6 Å². The number of nitrogens with zero attached hydrogens (tertiary/aromatic N) is 3. The third-order valence-corrected chi connectivity index (χ3v) is 3.18. The maximum atomic E-state index is 6.19. The van der Waals surface area contributed by atoms with Crippen molar-refractivity contribution in [3.63, 3.8) is 0 Å². The summed E-state index contributed by atoms with van der Waals surface area (Å²) in [6.07, 6.45) is 3.99. The van der Waals surface area contributed by atoms with Crippen LogP contribution in [0.3, 0.4) is 0 Å². The Morgan fingerprint density at radius 2 is 1.95 bits per heavy atom. The third-order valence-electron chi connectivity index (χ3n) is 2.96. The highest BCUT2D eigenvalue weighted by atomic mass is 35.5. The molecular formula is C15H18ClN3O. The van der Waals surface area contributed by atoms with Crippen molar-refractivity contribution in [1.82, 2.24) is 15.0 Å². The maximum Gasteiger partial charge on any atom is 0.162 e. The zero-order chi connectivity index (χ0) is 14.4. The van der Waals surface area contributed by atoms with Crippen LogP contribution in [0.2, 0.25) is 5.02 Å². The van der Waals surface area contributed by atoms with E-state index >= 15 is 0 Å². The Kier molecular flexibility index (Phi) is 5.44. The van der Waals surface area contributed by atoms with Crippen LogP contribution < -0.4 is 0 Å². The van der Waals surface area contributed by atoms with Crippen LogP contribution in [0.15, 0.2) is 30.9 Å². The van der Waals surface area contributed by atoms with Crippen molar-refractivity contribution >= 4 is 11.6 Å². The first kappa shape index (κ1) is 14.9. The van der Waals surface area contributed by atoms with Gasteiger partial charge in [0, 0.05) is 23.1 Å². The van der Waals surface area contributed by atoms with Crippen LogP contribution in [0.5, 0.6) is 0 Å². The summed E-state index contributed by atoms with van der Waals surface area (Å²) in [4.78, 5) is 12.1. The highest BCUT2D eigenvalue weighted by Gasteiger charge is 2.10. The Hall–Kier alpha value is -1.52. The van der Waals surface area contributed by atoms with Crippen molar-refractivity contribution in [2.75, 3.05) is 13.2 Å². The average Bonchev–Trinajstić information content (AvgIpc) is 2.47. The maximum absolute atomic E-state index is 6.19. The molecule has 2 aromatic rings. The van der Waals surface area contributed by atoms with E-state index < -0.39 is 0 Å². The Labute approximate surface area is 124 Å². The van der Waals surface area contributed by atoms with Crippen LogP contribution in [0.25, 0.3) is 11.4 Å². The first-order valence-electron chi connectivity index (χ1n) is 6.71. The summed E-state index contributed by atoms with van der Waals surface area (Å²) in [6, 6.07) is 5.88. The van der Waals surface area contributed by atoms with E-state index in [9.17, 15) is 0 Å². The van der Waals surface area contributed by atoms with Gasteiger partial charge in [-0.25, -0.2) is 15.0 Å². The second-order valence-electron chi connectivity index (χ2n) is 4.71. The van der Waals surface area contributed by atoms with Crippen LogP contribution in [0.4, 0.5) is 0 Å². The molecule has 0 aliphatic heterocycles. The molecule has 0 amide bonds. The van der Waals surface area contributed by atoms with Gasteiger partial charge in [-0.05, 0) is 30.2 Å². The number of hydrogen-bond donors (Lipinski definition) is 0. The van der Waals surface area contributed by atoms with Crippen molar-refractivity contribution in [1.29, 1.82) is 0 Å². The van der Waals surface area contributed by atoms with Crippen LogP contribution in [-0.2, 0) is 4.74 Å². The molecule has 0 spiro atoms.